The molecular formula is C27H30FN7O5. The van der Waals surface area contributed by atoms with Crippen molar-refractivity contribution < 1.29 is 23.9 Å². The number of hydrogen-bond donors (Lipinski definition) is 3. The SMILES string of the molecule is COCCn1nc(C)c(C(c2cc(F)ccc2C#N)C(C)c2nc(C(O)Nc3cnoc3)c(O)c(=O)n2C)c1C. The van der Waals surface area contributed by atoms with E-state index in [-0.39, 0.29) is 17.1 Å². The van der Waals surface area contributed by atoms with Crippen molar-refractivity contribution in [2.24, 2.45) is 7.05 Å². The molecule has 4 aromatic rings. The van der Waals surface area contributed by atoms with Crippen LogP contribution in [-0.2, 0) is 18.3 Å². The molecule has 13 heteroatoms. The van der Waals surface area contributed by atoms with Gasteiger partial charge in [-0.1, -0.05) is 12.1 Å². The van der Waals surface area contributed by atoms with E-state index in [0.29, 0.717) is 30.1 Å². The molecule has 40 heavy (non-hydrogen) atoms. The second kappa shape index (κ2) is 11.7. The molecule has 0 saturated heterocycles. The maximum Gasteiger partial charge on any atom is 0.295 e. The number of nitriles is 1. The molecule has 0 aliphatic carbocycles. The number of methoxy groups -OCH3 is 1. The molecule has 0 amide bonds. The van der Waals surface area contributed by atoms with Gasteiger partial charge in [-0.2, -0.15) is 10.4 Å². The summed E-state index contributed by atoms with van der Waals surface area (Å²) in [4.78, 5) is 17.6. The summed E-state index contributed by atoms with van der Waals surface area (Å²) in [5, 5.41) is 42.2. The van der Waals surface area contributed by atoms with E-state index in [2.05, 4.69) is 26.6 Å². The highest BCUT2D eigenvalue weighted by Crippen LogP contribution is 2.42. The summed E-state index contributed by atoms with van der Waals surface area (Å²) < 4.78 is 27.6. The number of aliphatic hydroxyl groups excluding tert-OH is 1. The number of ether oxygens (including phenoxy) is 1. The largest absolute Gasteiger partial charge is 0.502 e. The van der Waals surface area contributed by atoms with Crippen molar-refractivity contribution in [2.45, 2.75) is 45.4 Å². The van der Waals surface area contributed by atoms with Crippen LogP contribution in [0.25, 0.3) is 0 Å². The Morgan fingerprint density at radius 1 is 1.32 bits per heavy atom. The maximum absolute atomic E-state index is 14.6. The maximum atomic E-state index is 14.6. The first-order valence-electron chi connectivity index (χ1n) is 12.4. The van der Waals surface area contributed by atoms with Gasteiger partial charge in [0.1, 0.15) is 23.6 Å². The third kappa shape index (κ3) is 5.31. The number of nitrogens with one attached hydrogen (secondary N) is 1. The van der Waals surface area contributed by atoms with E-state index >= 15 is 0 Å². The monoisotopic (exact) mass is 551 g/mol. The first kappa shape index (κ1) is 28.5. The number of aryl methyl sites for hydroxylation is 1. The fourth-order valence-corrected chi connectivity index (χ4v) is 5.00. The van der Waals surface area contributed by atoms with E-state index in [9.17, 15) is 24.7 Å². The van der Waals surface area contributed by atoms with Crippen LogP contribution >= 0.6 is 0 Å². The van der Waals surface area contributed by atoms with Crippen LogP contribution in [0.2, 0.25) is 0 Å². The lowest BCUT2D eigenvalue weighted by Gasteiger charge is -2.28. The van der Waals surface area contributed by atoms with E-state index in [1.807, 2.05) is 13.8 Å². The number of benzene rings is 1. The van der Waals surface area contributed by atoms with Crippen molar-refractivity contribution in [1.29, 1.82) is 5.26 Å². The van der Waals surface area contributed by atoms with E-state index in [1.54, 1.807) is 18.7 Å². The Morgan fingerprint density at radius 2 is 2.08 bits per heavy atom. The summed E-state index contributed by atoms with van der Waals surface area (Å²) in [6.07, 6.45) is 0.962. The molecule has 3 N–H and O–H groups in total. The summed E-state index contributed by atoms with van der Waals surface area (Å²) >= 11 is 0. The van der Waals surface area contributed by atoms with Gasteiger partial charge in [0, 0.05) is 37.3 Å². The van der Waals surface area contributed by atoms with Crippen LogP contribution in [-0.4, -0.2) is 48.4 Å². The molecule has 1 aromatic carbocycles. The van der Waals surface area contributed by atoms with E-state index < -0.39 is 35.2 Å². The number of aromatic hydroxyl groups is 1. The van der Waals surface area contributed by atoms with Crippen molar-refractivity contribution >= 4 is 5.69 Å². The molecule has 4 rings (SSSR count). The molecule has 0 fully saturated rings. The van der Waals surface area contributed by atoms with Crippen LogP contribution < -0.4 is 10.9 Å². The first-order valence-corrected chi connectivity index (χ1v) is 12.4. The number of halogens is 1. The Balaban J connectivity index is 1.92. The van der Waals surface area contributed by atoms with Gasteiger partial charge >= 0.3 is 0 Å². The van der Waals surface area contributed by atoms with Crippen molar-refractivity contribution in [3.8, 4) is 11.8 Å². The van der Waals surface area contributed by atoms with Gasteiger partial charge in [-0.3, -0.25) is 14.0 Å². The highest BCUT2D eigenvalue weighted by atomic mass is 19.1. The van der Waals surface area contributed by atoms with Crippen LogP contribution in [0.15, 0.2) is 40.0 Å². The summed E-state index contributed by atoms with van der Waals surface area (Å²) in [6, 6.07) is 6.06. The third-order valence-electron chi connectivity index (χ3n) is 6.96. The zero-order valence-electron chi connectivity index (χ0n) is 22.7. The Kier molecular flexibility index (Phi) is 8.32. The molecule has 0 aliphatic heterocycles. The minimum Gasteiger partial charge on any atom is -0.502 e. The number of anilines is 1. The molecule has 0 spiro atoms. The highest BCUT2D eigenvalue weighted by molar-refractivity contribution is 5.49. The molecule has 3 unspecified atom stereocenters. The lowest BCUT2D eigenvalue weighted by molar-refractivity contribution is 0.182. The van der Waals surface area contributed by atoms with Crippen LogP contribution in [0.5, 0.6) is 5.75 Å². The molecule has 0 saturated carbocycles. The summed E-state index contributed by atoms with van der Waals surface area (Å²) in [5.41, 5.74) is 2.00. The van der Waals surface area contributed by atoms with E-state index in [0.717, 1.165) is 11.3 Å². The predicted octanol–water partition coefficient (Wildman–Crippen LogP) is 2.98. The number of aliphatic hydroxyl groups is 1. The molecule has 3 atom stereocenters. The van der Waals surface area contributed by atoms with Crippen LogP contribution in [0.1, 0.15) is 64.6 Å². The highest BCUT2D eigenvalue weighted by Gasteiger charge is 2.34. The van der Waals surface area contributed by atoms with Gasteiger partial charge < -0.3 is 24.8 Å². The predicted molar refractivity (Wildman–Crippen MR) is 141 cm³/mol. The standard InChI is InChI=1S/C27H30FN7O5/c1-14(25-32-23(24(36)27(38)34(25)4)26(37)31-19-12-30-40-13-19)21(20-10-18(28)7-6-17(20)11-29)22-15(2)33-35(16(22)3)8-9-39-5/h6-7,10,12-14,21,26,31,36-37H,8-9H2,1-5H3. The van der Waals surface area contributed by atoms with Gasteiger partial charge in [0.2, 0.25) is 5.75 Å². The van der Waals surface area contributed by atoms with E-state index in [4.69, 9.17) is 9.26 Å². The average molecular weight is 552 g/mol. The van der Waals surface area contributed by atoms with E-state index in [1.165, 1.54) is 42.3 Å². The minimum absolute atomic E-state index is 0.186. The van der Waals surface area contributed by atoms with Gasteiger partial charge in [-0.15, -0.1) is 0 Å². The molecule has 0 bridgehead atoms. The van der Waals surface area contributed by atoms with Gasteiger partial charge in [0.15, 0.2) is 6.23 Å². The second-order valence-corrected chi connectivity index (χ2v) is 9.44. The topological polar surface area (TPSA) is 164 Å². The Labute approximate surface area is 229 Å². The lowest BCUT2D eigenvalue weighted by Crippen LogP contribution is -2.29. The zero-order valence-corrected chi connectivity index (χ0v) is 22.7. The Morgan fingerprint density at radius 3 is 2.73 bits per heavy atom. The fraction of sp³-hybridized carbons (Fsp3) is 0.370. The van der Waals surface area contributed by atoms with Crippen molar-refractivity contribution in [1.82, 2.24) is 24.5 Å². The minimum atomic E-state index is -1.58. The Hall–Kier alpha value is -4.54. The quantitative estimate of drug-likeness (QED) is 0.250. The molecule has 12 nitrogen and oxygen atoms in total. The lowest BCUT2D eigenvalue weighted by atomic mass is 9.78. The molecule has 210 valence electrons. The van der Waals surface area contributed by atoms with Gasteiger partial charge in [0.25, 0.3) is 5.56 Å². The van der Waals surface area contributed by atoms with Crippen LogP contribution in [0.4, 0.5) is 10.1 Å². The zero-order chi connectivity index (χ0) is 29.1. The molecule has 3 aromatic heterocycles. The number of hydrogen-bond acceptors (Lipinski definition) is 10. The second-order valence-electron chi connectivity index (χ2n) is 9.44. The third-order valence-corrected chi connectivity index (χ3v) is 6.96. The van der Waals surface area contributed by atoms with Crippen molar-refractivity contribution in [2.75, 3.05) is 19.0 Å². The average Bonchev–Trinajstić information content (AvgIpc) is 3.54. The summed E-state index contributed by atoms with van der Waals surface area (Å²) in [5.74, 6) is -2.43. The van der Waals surface area contributed by atoms with Gasteiger partial charge in [0.05, 0.1) is 42.4 Å². The first-order chi connectivity index (χ1) is 19.1. The normalized spacial score (nSPS) is 13.6. The fourth-order valence-electron chi connectivity index (χ4n) is 5.00. The Bertz CT molecular complexity index is 1610. The molecule has 3 heterocycles. The number of aromatic nitrogens is 5. The van der Waals surface area contributed by atoms with Crippen molar-refractivity contribution in [3.05, 3.63) is 86.4 Å². The molecule has 0 aliphatic rings. The molecule has 0 radical (unpaired) electrons. The molecular weight excluding hydrogens is 521 g/mol. The van der Waals surface area contributed by atoms with Gasteiger partial charge in [-0.25, -0.2) is 9.37 Å². The van der Waals surface area contributed by atoms with Crippen molar-refractivity contribution in [3.63, 3.8) is 0 Å². The van der Waals surface area contributed by atoms with Crippen LogP contribution in [0, 0.1) is 31.0 Å². The van der Waals surface area contributed by atoms with Crippen LogP contribution in [0.3, 0.4) is 0 Å². The smallest absolute Gasteiger partial charge is 0.295 e. The summed E-state index contributed by atoms with van der Waals surface area (Å²) in [7, 11) is 3.03. The number of nitrogens with zero attached hydrogens (tertiary/aromatic N) is 6. The summed E-state index contributed by atoms with van der Waals surface area (Å²) in [6.45, 7) is 6.36. The van der Waals surface area contributed by atoms with Gasteiger partial charge in [-0.05, 0) is 37.6 Å². The number of rotatable bonds is 10.